The summed E-state index contributed by atoms with van der Waals surface area (Å²) in [6.45, 7) is 1.08. The molecule has 1 aliphatic heterocycles. The van der Waals surface area contributed by atoms with Gasteiger partial charge in [-0.3, -0.25) is 4.79 Å². The van der Waals surface area contributed by atoms with Crippen LogP contribution in [0.2, 0.25) is 0 Å². The normalized spacial score (nSPS) is 17.5. The number of carbonyl (C=O) groups is 1. The summed E-state index contributed by atoms with van der Waals surface area (Å²) < 4.78 is 26.4. The Morgan fingerprint density at radius 3 is 2.65 bits per heavy atom. The molecule has 23 heavy (non-hydrogen) atoms. The molecule has 124 valence electrons. The lowest BCUT2D eigenvalue weighted by atomic mass is 9.90. The molecule has 2 aromatic rings. The Hall–Kier alpha value is -1.93. The van der Waals surface area contributed by atoms with Gasteiger partial charge in [-0.05, 0) is 36.5 Å². The summed E-state index contributed by atoms with van der Waals surface area (Å²) in [7, 11) is -1.52. The highest BCUT2D eigenvalue weighted by Gasteiger charge is 2.26. The monoisotopic (exact) mass is 336 g/mol. The van der Waals surface area contributed by atoms with Crippen LogP contribution in [0.25, 0.3) is 5.52 Å². The second-order valence-electron chi connectivity index (χ2n) is 5.86. The van der Waals surface area contributed by atoms with Gasteiger partial charge in [0.05, 0.1) is 23.5 Å². The van der Waals surface area contributed by atoms with Crippen LogP contribution in [0.5, 0.6) is 0 Å². The molecular formula is C15H20N4O3S. The van der Waals surface area contributed by atoms with Crippen LogP contribution in [0.3, 0.4) is 0 Å². The van der Waals surface area contributed by atoms with Gasteiger partial charge in [-0.15, -0.1) is 0 Å². The summed E-state index contributed by atoms with van der Waals surface area (Å²) in [5, 5.41) is 6.80. The van der Waals surface area contributed by atoms with Crippen molar-refractivity contribution in [2.75, 3.05) is 26.4 Å². The lowest BCUT2D eigenvalue weighted by Crippen LogP contribution is -2.37. The number of aromatic nitrogens is 2. The average molecular weight is 336 g/mol. The molecule has 0 saturated carbocycles. The molecule has 3 rings (SSSR count). The number of carbonyl (C=O) groups excluding carboxylic acids is 1. The fourth-order valence-corrected chi connectivity index (χ4v) is 3.96. The van der Waals surface area contributed by atoms with Crippen molar-refractivity contribution in [3.8, 4) is 0 Å². The maximum atomic E-state index is 11.9. The molecule has 0 spiro atoms. The number of hydrogen-bond acceptors (Lipinski definition) is 4. The Bertz CT molecular complexity index is 836. The number of pyridine rings is 1. The number of fused-ring (bicyclic) bond motifs is 1. The topological polar surface area (TPSA) is 83.8 Å². The summed E-state index contributed by atoms with van der Waals surface area (Å²) >= 11 is 0. The minimum Gasteiger partial charge on any atom is -0.355 e. The van der Waals surface area contributed by atoms with E-state index in [4.69, 9.17) is 0 Å². The molecular weight excluding hydrogens is 316 g/mol. The Labute approximate surface area is 135 Å². The smallest absolute Gasteiger partial charge is 0.254 e. The minimum atomic E-state index is -3.11. The van der Waals surface area contributed by atoms with Crippen LogP contribution in [-0.2, 0) is 10.0 Å². The molecule has 2 aromatic heterocycles. The van der Waals surface area contributed by atoms with E-state index in [9.17, 15) is 13.2 Å². The number of nitrogens with zero attached hydrogens (tertiary/aromatic N) is 3. The van der Waals surface area contributed by atoms with E-state index in [1.165, 1.54) is 10.6 Å². The molecule has 0 aliphatic carbocycles. The summed E-state index contributed by atoms with van der Waals surface area (Å²) in [5.41, 5.74) is 2.44. The van der Waals surface area contributed by atoms with Crippen molar-refractivity contribution in [1.29, 1.82) is 0 Å². The molecule has 8 heteroatoms. The zero-order valence-corrected chi connectivity index (χ0v) is 14.0. The van der Waals surface area contributed by atoms with Crippen LogP contribution in [0.4, 0.5) is 0 Å². The lowest BCUT2D eigenvalue weighted by Gasteiger charge is -2.30. The molecule has 0 bridgehead atoms. The zero-order valence-electron chi connectivity index (χ0n) is 13.2. The first-order valence-electron chi connectivity index (χ1n) is 7.54. The molecule has 1 fully saturated rings. The molecule has 3 heterocycles. The lowest BCUT2D eigenvalue weighted by molar-refractivity contribution is 0.0964. The van der Waals surface area contributed by atoms with E-state index in [2.05, 4.69) is 10.4 Å². The molecule has 1 N–H and O–H groups in total. The van der Waals surface area contributed by atoms with Gasteiger partial charge in [-0.2, -0.15) is 5.10 Å². The number of sulfonamides is 1. The molecule has 0 unspecified atom stereocenters. The first kappa shape index (κ1) is 15.9. The molecule has 1 amide bonds. The third kappa shape index (κ3) is 3.09. The van der Waals surface area contributed by atoms with E-state index >= 15 is 0 Å². The Balaban J connectivity index is 1.85. The van der Waals surface area contributed by atoms with Crippen LogP contribution in [0.15, 0.2) is 24.5 Å². The van der Waals surface area contributed by atoms with E-state index in [0.29, 0.717) is 24.6 Å². The standard InChI is InChI=1S/C15H20N4O3S/c1-16-15(20)13-10-17-19-8-5-12(9-14(13)19)11-3-6-18(7-4-11)23(2,21)22/h5,8-11H,3-4,6-7H2,1-2H3,(H,16,20). The fraction of sp³-hybridized carbons (Fsp3) is 0.467. The van der Waals surface area contributed by atoms with Crippen LogP contribution in [0, 0.1) is 0 Å². The predicted molar refractivity (Wildman–Crippen MR) is 87.0 cm³/mol. The van der Waals surface area contributed by atoms with Crippen molar-refractivity contribution in [2.45, 2.75) is 18.8 Å². The van der Waals surface area contributed by atoms with Gasteiger partial charge >= 0.3 is 0 Å². The fourth-order valence-electron chi connectivity index (χ4n) is 3.08. The third-order valence-corrected chi connectivity index (χ3v) is 5.71. The van der Waals surface area contributed by atoms with Crippen molar-refractivity contribution in [3.05, 3.63) is 35.7 Å². The van der Waals surface area contributed by atoms with E-state index < -0.39 is 10.0 Å². The molecule has 1 saturated heterocycles. The first-order valence-corrected chi connectivity index (χ1v) is 9.39. The van der Waals surface area contributed by atoms with Gasteiger partial charge in [-0.25, -0.2) is 17.2 Å². The van der Waals surface area contributed by atoms with Gasteiger partial charge in [0.25, 0.3) is 5.91 Å². The highest BCUT2D eigenvalue weighted by Crippen LogP contribution is 2.30. The summed E-state index contributed by atoms with van der Waals surface area (Å²) in [6, 6.07) is 3.98. The average Bonchev–Trinajstić information content (AvgIpc) is 2.96. The van der Waals surface area contributed by atoms with E-state index in [-0.39, 0.29) is 5.91 Å². The Kier molecular flexibility index (Phi) is 4.11. The summed E-state index contributed by atoms with van der Waals surface area (Å²) in [4.78, 5) is 11.9. The molecule has 0 aromatic carbocycles. The van der Waals surface area contributed by atoms with Crippen LogP contribution in [-0.4, -0.2) is 54.6 Å². The van der Waals surface area contributed by atoms with Gasteiger partial charge in [0.15, 0.2) is 0 Å². The Morgan fingerprint density at radius 1 is 1.35 bits per heavy atom. The van der Waals surface area contributed by atoms with Crippen molar-refractivity contribution in [1.82, 2.24) is 19.2 Å². The molecule has 0 atom stereocenters. The van der Waals surface area contributed by atoms with Crippen LogP contribution in [0.1, 0.15) is 34.7 Å². The number of rotatable bonds is 3. The number of nitrogens with one attached hydrogen (secondary N) is 1. The first-order chi connectivity index (χ1) is 10.9. The summed E-state index contributed by atoms with van der Waals surface area (Å²) in [5.74, 6) is 0.134. The predicted octanol–water partition coefficient (Wildman–Crippen LogP) is 0.833. The largest absolute Gasteiger partial charge is 0.355 e. The van der Waals surface area contributed by atoms with E-state index in [1.54, 1.807) is 17.8 Å². The van der Waals surface area contributed by atoms with Crippen molar-refractivity contribution >= 4 is 21.4 Å². The minimum absolute atomic E-state index is 0.163. The molecule has 1 aliphatic rings. The van der Waals surface area contributed by atoms with E-state index in [1.807, 2.05) is 18.3 Å². The number of hydrogen-bond donors (Lipinski definition) is 1. The van der Waals surface area contributed by atoms with Gasteiger partial charge in [0.1, 0.15) is 0 Å². The number of amides is 1. The SMILES string of the molecule is CNC(=O)c1cnn2ccc(C3CCN(S(C)(=O)=O)CC3)cc12. The Morgan fingerprint density at radius 2 is 2.04 bits per heavy atom. The quantitative estimate of drug-likeness (QED) is 0.900. The molecule has 0 radical (unpaired) electrons. The van der Waals surface area contributed by atoms with E-state index in [0.717, 1.165) is 23.9 Å². The maximum absolute atomic E-state index is 11.9. The zero-order chi connectivity index (χ0) is 16.6. The van der Waals surface area contributed by atoms with Crippen molar-refractivity contribution in [2.24, 2.45) is 0 Å². The molecule has 7 nitrogen and oxygen atoms in total. The van der Waals surface area contributed by atoms with Gasteiger partial charge in [0, 0.05) is 26.3 Å². The van der Waals surface area contributed by atoms with Gasteiger partial charge < -0.3 is 5.32 Å². The van der Waals surface area contributed by atoms with Gasteiger partial charge in [0.2, 0.25) is 10.0 Å². The highest BCUT2D eigenvalue weighted by atomic mass is 32.2. The third-order valence-electron chi connectivity index (χ3n) is 4.41. The maximum Gasteiger partial charge on any atom is 0.254 e. The number of piperidine rings is 1. The summed E-state index contributed by atoms with van der Waals surface area (Å²) in [6.07, 6.45) is 6.23. The highest BCUT2D eigenvalue weighted by molar-refractivity contribution is 7.88. The second-order valence-corrected chi connectivity index (χ2v) is 7.85. The van der Waals surface area contributed by atoms with Crippen molar-refractivity contribution in [3.63, 3.8) is 0 Å². The van der Waals surface area contributed by atoms with Gasteiger partial charge in [-0.1, -0.05) is 0 Å². The van der Waals surface area contributed by atoms with Crippen LogP contribution >= 0.6 is 0 Å². The van der Waals surface area contributed by atoms with Crippen molar-refractivity contribution < 1.29 is 13.2 Å². The second kappa shape index (κ2) is 5.93. The van der Waals surface area contributed by atoms with Crippen LogP contribution < -0.4 is 5.32 Å².